The van der Waals surface area contributed by atoms with Crippen molar-refractivity contribution < 1.29 is 18.3 Å². The van der Waals surface area contributed by atoms with Gasteiger partial charge in [-0.2, -0.15) is 0 Å². The van der Waals surface area contributed by atoms with E-state index >= 15 is 0 Å². The van der Waals surface area contributed by atoms with Crippen molar-refractivity contribution in [3.8, 4) is 0 Å². The number of halogens is 2. The monoisotopic (exact) mass is 292 g/mol. The van der Waals surface area contributed by atoms with Crippen LogP contribution >= 0.6 is 0 Å². The van der Waals surface area contributed by atoms with E-state index in [-0.39, 0.29) is 6.42 Å². The van der Waals surface area contributed by atoms with Gasteiger partial charge in [-0.15, -0.1) is 0 Å². The molecule has 0 aromatic heterocycles. The van der Waals surface area contributed by atoms with Crippen LogP contribution in [0.5, 0.6) is 0 Å². The van der Waals surface area contributed by atoms with Crippen LogP contribution in [0, 0.1) is 0 Å². The van der Waals surface area contributed by atoms with Gasteiger partial charge in [-0.05, 0) is 47.7 Å². The van der Waals surface area contributed by atoms with E-state index in [2.05, 4.69) is 0 Å². The Kier molecular flexibility index (Phi) is 5.00. The maximum Gasteiger partial charge on any atom is 0.410 e. The molecule has 1 amide bonds. The molecule has 2 atom stereocenters. The molecule has 1 saturated carbocycles. The lowest BCUT2D eigenvalue weighted by Gasteiger charge is -2.45. The second-order valence-electron chi connectivity index (χ2n) is 6.72. The molecule has 4 nitrogen and oxygen atoms in total. The van der Waals surface area contributed by atoms with Gasteiger partial charge in [0.15, 0.2) is 0 Å². The van der Waals surface area contributed by atoms with Gasteiger partial charge in [0.25, 0.3) is 5.92 Å². The van der Waals surface area contributed by atoms with Crippen LogP contribution in [-0.2, 0) is 4.74 Å². The first-order valence-corrected chi connectivity index (χ1v) is 6.96. The molecule has 0 N–H and O–H groups in total. The first kappa shape index (κ1) is 17.1. The van der Waals surface area contributed by atoms with Crippen molar-refractivity contribution in [3.63, 3.8) is 0 Å². The molecule has 1 aliphatic rings. The number of likely N-dealkylation sites (N-methyl/N-ethyl adjacent to an activating group) is 2. The summed E-state index contributed by atoms with van der Waals surface area (Å²) in [6, 6.07) is -1.52. The van der Waals surface area contributed by atoms with Crippen LogP contribution in [0.15, 0.2) is 0 Å². The quantitative estimate of drug-likeness (QED) is 0.784. The Morgan fingerprint density at radius 1 is 1.25 bits per heavy atom. The van der Waals surface area contributed by atoms with Crippen molar-refractivity contribution in [1.82, 2.24) is 9.80 Å². The number of ether oxygens (including phenoxy) is 1. The van der Waals surface area contributed by atoms with Crippen molar-refractivity contribution in [1.29, 1.82) is 0 Å². The van der Waals surface area contributed by atoms with Gasteiger partial charge in [-0.25, -0.2) is 13.6 Å². The average Bonchev–Trinajstić information content (AvgIpc) is 2.23. The van der Waals surface area contributed by atoms with Crippen molar-refractivity contribution in [2.24, 2.45) is 0 Å². The summed E-state index contributed by atoms with van der Waals surface area (Å²) in [5, 5.41) is 0. The van der Waals surface area contributed by atoms with Gasteiger partial charge in [0, 0.05) is 13.5 Å². The Morgan fingerprint density at radius 3 is 2.25 bits per heavy atom. The lowest BCUT2D eigenvalue weighted by molar-refractivity contribution is -0.122. The topological polar surface area (TPSA) is 32.8 Å². The molecule has 0 radical (unpaired) electrons. The summed E-state index contributed by atoms with van der Waals surface area (Å²) in [6.07, 6.45) is 0.296. The van der Waals surface area contributed by atoms with Gasteiger partial charge < -0.3 is 9.64 Å². The molecule has 118 valence electrons. The summed E-state index contributed by atoms with van der Waals surface area (Å²) in [6.45, 7) is 5.28. The normalized spacial score (nSPS) is 26.4. The van der Waals surface area contributed by atoms with Crippen molar-refractivity contribution >= 4 is 6.09 Å². The van der Waals surface area contributed by atoms with E-state index in [0.29, 0.717) is 12.8 Å². The van der Waals surface area contributed by atoms with Gasteiger partial charge in [0.05, 0.1) is 12.1 Å². The Balaban J connectivity index is 2.89. The molecule has 0 bridgehead atoms. The van der Waals surface area contributed by atoms with Crippen LogP contribution in [0.25, 0.3) is 0 Å². The summed E-state index contributed by atoms with van der Waals surface area (Å²) in [4.78, 5) is 14.9. The molecule has 0 heterocycles. The molecule has 20 heavy (non-hydrogen) atoms. The number of amides is 1. The highest BCUT2D eigenvalue weighted by Gasteiger charge is 2.50. The highest BCUT2D eigenvalue weighted by atomic mass is 19.3. The van der Waals surface area contributed by atoms with Crippen LogP contribution in [0.2, 0.25) is 0 Å². The minimum Gasteiger partial charge on any atom is -0.444 e. The lowest BCUT2D eigenvalue weighted by Crippen LogP contribution is -2.60. The lowest BCUT2D eigenvalue weighted by atomic mass is 9.85. The summed E-state index contributed by atoms with van der Waals surface area (Å²) in [7, 11) is 4.79. The summed E-state index contributed by atoms with van der Waals surface area (Å²) < 4.78 is 33.5. The minimum atomic E-state index is -2.79. The van der Waals surface area contributed by atoms with Gasteiger partial charge in [-0.3, -0.25) is 4.90 Å². The first-order valence-electron chi connectivity index (χ1n) is 6.96. The predicted molar refractivity (Wildman–Crippen MR) is 74.1 cm³/mol. The fourth-order valence-electron chi connectivity index (χ4n) is 2.73. The highest BCUT2D eigenvalue weighted by molar-refractivity contribution is 5.68. The van der Waals surface area contributed by atoms with E-state index in [4.69, 9.17) is 4.74 Å². The molecule has 1 rings (SSSR count). The SMILES string of the molecule is CN(C)C1C(N(C)C(=O)OC(C)(C)C)CCCC1(F)F. The van der Waals surface area contributed by atoms with Gasteiger partial charge in [-0.1, -0.05) is 0 Å². The molecule has 0 aromatic carbocycles. The molecular weight excluding hydrogens is 266 g/mol. The van der Waals surface area contributed by atoms with Crippen molar-refractivity contribution in [3.05, 3.63) is 0 Å². The first-order chi connectivity index (χ1) is 8.96. The third kappa shape index (κ3) is 4.04. The van der Waals surface area contributed by atoms with Crippen LogP contribution in [-0.4, -0.2) is 60.6 Å². The highest BCUT2D eigenvalue weighted by Crippen LogP contribution is 2.38. The molecule has 1 aliphatic carbocycles. The number of hydrogen-bond donors (Lipinski definition) is 0. The van der Waals surface area contributed by atoms with Crippen LogP contribution in [0.3, 0.4) is 0 Å². The van der Waals surface area contributed by atoms with Crippen LogP contribution in [0.1, 0.15) is 40.0 Å². The number of carbonyl (C=O) groups excluding carboxylic acids is 1. The molecule has 0 spiro atoms. The third-order valence-electron chi connectivity index (χ3n) is 3.54. The zero-order valence-corrected chi connectivity index (χ0v) is 13.2. The van der Waals surface area contributed by atoms with E-state index in [9.17, 15) is 13.6 Å². The zero-order valence-electron chi connectivity index (χ0n) is 13.2. The smallest absolute Gasteiger partial charge is 0.410 e. The predicted octanol–water partition coefficient (Wildman–Crippen LogP) is 2.97. The summed E-state index contributed by atoms with van der Waals surface area (Å²) in [5.41, 5.74) is -0.629. The molecule has 6 heteroatoms. The molecule has 1 fully saturated rings. The Morgan fingerprint density at radius 2 is 1.80 bits per heavy atom. The van der Waals surface area contributed by atoms with E-state index in [1.165, 1.54) is 16.8 Å². The van der Waals surface area contributed by atoms with Crippen molar-refractivity contribution in [2.75, 3.05) is 21.1 Å². The number of nitrogens with zero attached hydrogens (tertiary/aromatic N) is 2. The fourth-order valence-corrected chi connectivity index (χ4v) is 2.73. The third-order valence-corrected chi connectivity index (χ3v) is 3.54. The Hall–Kier alpha value is -0.910. The van der Waals surface area contributed by atoms with Crippen molar-refractivity contribution in [2.45, 2.75) is 63.6 Å². The maximum absolute atomic E-state index is 14.1. The number of alkyl halides is 2. The Labute approximate surface area is 120 Å². The van der Waals surface area contributed by atoms with E-state index < -0.39 is 29.7 Å². The maximum atomic E-state index is 14.1. The van der Waals surface area contributed by atoms with E-state index in [0.717, 1.165) is 0 Å². The molecule has 0 aromatic rings. The molecular formula is C14H26F2N2O2. The van der Waals surface area contributed by atoms with Gasteiger partial charge in [0.2, 0.25) is 0 Å². The van der Waals surface area contributed by atoms with Crippen LogP contribution in [0.4, 0.5) is 13.6 Å². The minimum absolute atomic E-state index is 0.130. The van der Waals surface area contributed by atoms with Gasteiger partial charge in [0.1, 0.15) is 5.60 Å². The number of rotatable bonds is 2. The second-order valence-corrected chi connectivity index (χ2v) is 6.72. The number of hydrogen-bond acceptors (Lipinski definition) is 3. The molecule has 2 unspecified atom stereocenters. The molecule has 0 saturated heterocycles. The average molecular weight is 292 g/mol. The second kappa shape index (κ2) is 5.84. The van der Waals surface area contributed by atoms with E-state index in [1.807, 2.05) is 0 Å². The number of carbonyl (C=O) groups is 1. The Bertz CT molecular complexity index is 354. The summed E-state index contributed by atoms with van der Waals surface area (Å²) >= 11 is 0. The van der Waals surface area contributed by atoms with E-state index in [1.54, 1.807) is 34.9 Å². The zero-order chi connectivity index (χ0) is 15.7. The largest absolute Gasteiger partial charge is 0.444 e. The van der Waals surface area contributed by atoms with Crippen LogP contribution < -0.4 is 0 Å². The van der Waals surface area contributed by atoms with Gasteiger partial charge >= 0.3 is 6.09 Å². The fraction of sp³-hybridized carbons (Fsp3) is 0.929. The standard InChI is InChI=1S/C14H26F2N2O2/c1-13(2,3)20-12(19)18(6)10-8-7-9-14(15,16)11(10)17(4)5/h10-11H,7-9H2,1-6H3. The summed E-state index contributed by atoms with van der Waals surface area (Å²) in [5.74, 6) is -2.79. The molecule has 0 aliphatic heterocycles.